The molecule has 0 saturated heterocycles. The van der Waals surface area contributed by atoms with Gasteiger partial charge in [0.2, 0.25) is 0 Å². The largest absolute Gasteiger partial charge is 0.507 e. The summed E-state index contributed by atoms with van der Waals surface area (Å²) in [6.45, 7) is 19.7. The third-order valence-corrected chi connectivity index (χ3v) is 12.3. The van der Waals surface area contributed by atoms with Crippen LogP contribution in [0.4, 0.5) is 0 Å². The molecule has 0 aliphatic carbocycles. The van der Waals surface area contributed by atoms with Crippen molar-refractivity contribution in [2.45, 2.75) is 73.1 Å². The Balaban J connectivity index is 0.00000449. The molecule has 0 radical (unpaired) electrons. The normalized spacial score (nSPS) is 12.4. The Bertz CT molecular complexity index is 3280. The molecule has 5 nitrogen and oxygen atoms in total. The summed E-state index contributed by atoms with van der Waals surface area (Å²) < 4.78 is 4.65. The number of para-hydroxylation sites is 1. The van der Waals surface area contributed by atoms with Gasteiger partial charge in [-0.1, -0.05) is 125 Å². The van der Waals surface area contributed by atoms with Gasteiger partial charge < -0.3 is 9.51 Å². The van der Waals surface area contributed by atoms with Crippen molar-refractivity contribution in [1.29, 1.82) is 0 Å². The molecule has 6 heteroatoms. The van der Waals surface area contributed by atoms with Gasteiger partial charge in [0, 0.05) is 60.5 Å². The third-order valence-electron chi connectivity index (χ3n) is 12.3. The molecule has 0 unspecified atom stereocenters. The topological polar surface area (TPSA) is 55.3 Å². The number of hydrogen-bond donors (Lipinski definition) is 1. The van der Waals surface area contributed by atoms with Crippen LogP contribution in [0.2, 0.25) is 0 Å². The minimum Gasteiger partial charge on any atom is -0.507 e. The van der Waals surface area contributed by atoms with Crippen molar-refractivity contribution in [2.75, 3.05) is 0 Å². The molecule has 6 aromatic carbocycles. The van der Waals surface area contributed by atoms with Gasteiger partial charge in [0.15, 0.2) is 0 Å². The Morgan fingerprint density at radius 2 is 1.46 bits per heavy atom. The van der Waals surface area contributed by atoms with E-state index in [1.54, 1.807) is 0 Å². The molecule has 0 amide bonds. The zero-order chi connectivity index (χ0) is 40.4. The van der Waals surface area contributed by atoms with E-state index in [4.69, 9.17) is 9.97 Å². The van der Waals surface area contributed by atoms with Crippen LogP contribution in [0.25, 0.3) is 88.5 Å². The average molecular weight is 951 g/mol. The second kappa shape index (κ2) is 13.6. The van der Waals surface area contributed by atoms with Crippen molar-refractivity contribution in [3.05, 3.63) is 149 Å². The quantitative estimate of drug-likeness (QED) is 0.109. The van der Waals surface area contributed by atoms with E-state index in [1.807, 2.05) is 6.20 Å². The van der Waals surface area contributed by atoms with Crippen molar-refractivity contribution in [1.82, 2.24) is 18.9 Å². The van der Waals surface area contributed by atoms with Crippen LogP contribution in [-0.2, 0) is 31.9 Å². The number of phenolic OH excluding ortho intramolecular Hbond substituents is 1. The van der Waals surface area contributed by atoms with Gasteiger partial charge in [-0.2, -0.15) is 0 Å². The van der Waals surface area contributed by atoms with E-state index >= 15 is 0 Å². The molecule has 0 spiro atoms. The Labute approximate surface area is 360 Å². The van der Waals surface area contributed by atoms with Gasteiger partial charge in [0.05, 0.1) is 22.3 Å². The SMILES string of the molecule is Cc1ccc(-n2c(-c3cc(C(C)(C)C)cc(C(C)(C)C)c3O)nc3c(-c4[c-]c5c6nccc7ccc8c(C)c(C)n(c5cc4)c8c76)cccc32)c(-c2ccccc2)c1.[Pt]. The minimum absolute atomic E-state index is 0. The van der Waals surface area contributed by atoms with Crippen LogP contribution in [0.5, 0.6) is 5.75 Å². The average Bonchev–Trinajstić information content (AvgIpc) is 3.71. The maximum Gasteiger partial charge on any atom is 0.148 e. The van der Waals surface area contributed by atoms with Crippen LogP contribution in [0.1, 0.15) is 69.5 Å². The van der Waals surface area contributed by atoms with E-state index in [0.29, 0.717) is 11.4 Å². The van der Waals surface area contributed by atoms with E-state index < -0.39 is 0 Å². The molecular formula is C53H47N4OPt-. The first kappa shape index (κ1) is 38.7. The maximum absolute atomic E-state index is 12.4. The molecule has 59 heavy (non-hydrogen) atoms. The van der Waals surface area contributed by atoms with E-state index in [0.717, 1.165) is 66.5 Å². The number of rotatable bonds is 4. The first-order valence-corrected chi connectivity index (χ1v) is 20.2. The summed E-state index contributed by atoms with van der Waals surface area (Å²) in [5.41, 5.74) is 16.1. The van der Waals surface area contributed by atoms with Crippen molar-refractivity contribution < 1.29 is 26.2 Å². The Hall–Kier alpha value is -5.77. The fraction of sp³-hybridized carbons (Fsp3) is 0.208. The molecule has 1 N–H and O–H groups in total. The number of aromatic nitrogens is 4. The summed E-state index contributed by atoms with van der Waals surface area (Å²) in [4.78, 5) is 10.6. The molecule has 0 atom stereocenters. The van der Waals surface area contributed by atoms with E-state index in [2.05, 4.69) is 187 Å². The fourth-order valence-corrected chi connectivity index (χ4v) is 9.06. The molecule has 10 aromatic rings. The summed E-state index contributed by atoms with van der Waals surface area (Å²) in [6, 6.07) is 42.8. The summed E-state index contributed by atoms with van der Waals surface area (Å²) in [7, 11) is 0. The van der Waals surface area contributed by atoms with E-state index in [9.17, 15) is 5.11 Å². The predicted octanol–water partition coefficient (Wildman–Crippen LogP) is 13.6. The molecule has 4 heterocycles. The second-order valence-electron chi connectivity index (χ2n) is 18.1. The van der Waals surface area contributed by atoms with Gasteiger partial charge in [-0.15, -0.1) is 23.8 Å². The van der Waals surface area contributed by atoms with Crippen LogP contribution >= 0.6 is 0 Å². The number of aryl methyl sites for hydroxylation is 3. The molecule has 4 aromatic heterocycles. The molecule has 0 aliphatic rings. The van der Waals surface area contributed by atoms with Gasteiger partial charge in [0.25, 0.3) is 0 Å². The molecule has 0 aliphatic heterocycles. The molecule has 10 rings (SSSR count). The standard InChI is InChI=1S/C53H47N4O.Pt/c1-30-18-22-43(39(26-30)33-14-11-10-12-15-33)57-45-17-13-16-38(47(45)55-51(57)41-28-36(52(4,5)6)29-42(50(41)58)53(7,8)9)35-20-23-44-40(27-35)48-46-34(24-25-54-48)19-21-37-31(2)32(3)56(44)49(37)46;/h10-26,28-29,58H,1-9H3;/q-1;. The number of phenols is 1. The number of nitrogens with zero attached hydrogens (tertiary/aromatic N) is 4. The van der Waals surface area contributed by atoms with Crippen LogP contribution in [-0.4, -0.2) is 24.0 Å². The monoisotopic (exact) mass is 950 g/mol. The summed E-state index contributed by atoms with van der Waals surface area (Å²) in [5, 5.41) is 17.0. The molecule has 0 saturated carbocycles. The van der Waals surface area contributed by atoms with Crippen molar-refractivity contribution in [3.63, 3.8) is 0 Å². The van der Waals surface area contributed by atoms with Crippen LogP contribution in [0.3, 0.4) is 0 Å². The molecule has 0 bridgehead atoms. The molecule has 296 valence electrons. The Kier molecular flexibility index (Phi) is 8.96. The second-order valence-corrected chi connectivity index (χ2v) is 18.1. The van der Waals surface area contributed by atoms with Crippen molar-refractivity contribution in [3.8, 4) is 45.1 Å². The van der Waals surface area contributed by atoms with E-state index in [1.165, 1.54) is 38.5 Å². The van der Waals surface area contributed by atoms with E-state index in [-0.39, 0.29) is 37.6 Å². The molecule has 0 fully saturated rings. The van der Waals surface area contributed by atoms with Gasteiger partial charge in [-0.25, -0.2) is 4.98 Å². The fourth-order valence-electron chi connectivity index (χ4n) is 9.06. The minimum atomic E-state index is -0.309. The van der Waals surface area contributed by atoms with Crippen LogP contribution in [0, 0.1) is 26.8 Å². The zero-order valence-electron chi connectivity index (χ0n) is 35.0. The van der Waals surface area contributed by atoms with Crippen molar-refractivity contribution >= 4 is 49.1 Å². The number of imidazole rings is 1. The molecular weight excluding hydrogens is 904 g/mol. The van der Waals surface area contributed by atoms with Gasteiger partial charge in [-0.3, -0.25) is 9.55 Å². The summed E-state index contributed by atoms with van der Waals surface area (Å²) >= 11 is 0. The number of aromatic hydroxyl groups is 1. The Morgan fingerprint density at radius 1 is 0.678 bits per heavy atom. The smallest absolute Gasteiger partial charge is 0.148 e. The van der Waals surface area contributed by atoms with Crippen molar-refractivity contribution in [2.24, 2.45) is 0 Å². The van der Waals surface area contributed by atoms with Crippen LogP contribution < -0.4 is 0 Å². The summed E-state index contributed by atoms with van der Waals surface area (Å²) in [5.74, 6) is 0.950. The Morgan fingerprint density at radius 3 is 2.20 bits per heavy atom. The number of benzene rings is 6. The number of hydrogen-bond acceptors (Lipinski definition) is 3. The maximum atomic E-state index is 12.4. The number of pyridine rings is 2. The van der Waals surface area contributed by atoms with Crippen LogP contribution in [0.15, 0.2) is 115 Å². The summed E-state index contributed by atoms with van der Waals surface area (Å²) in [6.07, 6.45) is 1.91. The zero-order valence-corrected chi connectivity index (χ0v) is 37.3. The van der Waals surface area contributed by atoms with Gasteiger partial charge in [-0.05, 0) is 94.9 Å². The predicted molar refractivity (Wildman–Crippen MR) is 242 cm³/mol. The van der Waals surface area contributed by atoms with Gasteiger partial charge in [0.1, 0.15) is 11.6 Å². The number of fused-ring (bicyclic) bond motifs is 4. The third kappa shape index (κ3) is 5.92. The first-order valence-electron chi connectivity index (χ1n) is 20.2. The van der Waals surface area contributed by atoms with Gasteiger partial charge >= 0.3 is 0 Å². The first-order chi connectivity index (χ1) is 27.7.